The van der Waals surface area contributed by atoms with E-state index in [9.17, 15) is 9.59 Å². The number of carbonyl (C=O) groups excluding carboxylic acids is 2. The minimum absolute atomic E-state index is 0.0453. The predicted octanol–water partition coefficient (Wildman–Crippen LogP) is 5.43. The fourth-order valence-electron chi connectivity index (χ4n) is 3.60. The van der Waals surface area contributed by atoms with Crippen molar-refractivity contribution in [2.75, 3.05) is 13.1 Å². The second-order valence-electron chi connectivity index (χ2n) is 7.72. The van der Waals surface area contributed by atoms with Crippen molar-refractivity contribution in [1.29, 1.82) is 0 Å². The maximum absolute atomic E-state index is 12.8. The molecule has 6 heteroatoms. The van der Waals surface area contributed by atoms with Crippen molar-refractivity contribution in [3.63, 3.8) is 0 Å². The molecule has 0 atom stereocenters. The standard InChI is InChI=1S/C22H24BrClN2O2/c1-14(2)11-15-3-5-16(6-4-15)20(27)17-7-9-26(10-8-17)22(28)19-12-18(23)13-25-21(19)24/h3-6,12-14,17H,7-11H2,1-2H3. The molecule has 1 saturated heterocycles. The highest BCUT2D eigenvalue weighted by Gasteiger charge is 2.29. The summed E-state index contributed by atoms with van der Waals surface area (Å²) in [7, 11) is 0. The fourth-order valence-corrected chi connectivity index (χ4v) is 4.12. The first kappa shape index (κ1) is 21.0. The molecule has 2 aromatic rings. The Bertz CT molecular complexity index is 859. The summed E-state index contributed by atoms with van der Waals surface area (Å²) in [6.07, 6.45) is 3.91. The van der Waals surface area contributed by atoms with Crippen LogP contribution in [0.15, 0.2) is 41.0 Å². The summed E-state index contributed by atoms with van der Waals surface area (Å²) in [5, 5.41) is 0.202. The van der Waals surface area contributed by atoms with Gasteiger partial charge >= 0.3 is 0 Å². The molecule has 3 rings (SSSR count). The summed E-state index contributed by atoms with van der Waals surface area (Å²) in [6, 6.07) is 9.66. The van der Waals surface area contributed by atoms with Gasteiger partial charge in [0.2, 0.25) is 0 Å². The molecule has 0 spiro atoms. The van der Waals surface area contributed by atoms with Gasteiger partial charge < -0.3 is 4.90 Å². The number of amides is 1. The van der Waals surface area contributed by atoms with Gasteiger partial charge in [0.05, 0.1) is 5.56 Å². The van der Waals surface area contributed by atoms with Crippen molar-refractivity contribution in [3.8, 4) is 0 Å². The zero-order valence-corrected chi connectivity index (χ0v) is 18.5. The maximum Gasteiger partial charge on any atom is 0.257 e. The van der Waals surface area contributed by atoms with E-state index in [1.807, 2.05) is 24.3 Å². The number of carbonyl (C=O) groups is 2. The van der Waals surface area contributed by atoms with E-state index >= 15 is 0 Å². The fraction of sp³-hybridized carbons (Fsp3) is 0.409. The molecule has 1 aliphatic rings. The SMILES string of the molecule is CC(C)Cc1ccc(C(=O)C2CCN(C(=O)c3cc(Br)cnc3Cl)CC2)cc1. The van der Waals surface area contributed by atoms with Gasteiger partial charge in [0.25, 0.3) is 5.91 Å². The summed E-state index contributed by atoms with van der Waals surface area (Å²) in [5.41, 5.74) is 2.41. The van der Waals surface area contributed by atoms with Crippen molar-refractivity contribution in [2.45, 2.75) is 33.1 Å². The van der Waals surface area contributed by atoms with Crippen LogP contribution in [0.1, 0.15) is 53.0 Å². The molecule has 1 aromatic carbocycles. The summed E-state index contributed by atoms with van der Waals surface area (Å²) < 4.78 is 0.714. The number of aromatic nitrogens is 1. The van der Waals surface area contributed by atoms with Crippen LogP contribution in [-0.2, 0) is 6.42 Å². The number of hydrogen-bond donors (Lipinski definition) is 0. The Hall–Kier alpha value is -1.72. The lowest BCUT2D eigenvalue weighted by atomic mass is 9.88. The first-order valence-corrected chi connectivity index (χ1v) is 10.8. The first-order valence-electron chi connectivity index (χ1n) is 9.58. The van der Waals surface area contributed by atoms with E-state index in [0.717, 1.165) is 12.0 Å². The number of piperidine rings is 1. The van der Waals surface area contributed by atoms with Crippen molar-refractivity contribution in [2.24, 2.45) is 11.8 Å². The van der Waals surface area contributed by atoms with Crippen molar-refractivity contribution in [3.05, 3.63) is 62.8 Å². The molecule has 1 amide bonds. The minimum atomic E-state index is -0.136. The van der Waals surface area contributed by atoms with Crippen LogP contribution in [0, 0.1) is 11.8 Å². The van der Waals surface area contributed by atoms with Gasteiger partial charge in [-0.05, 0) is 52.7 Å². The average Bonchev–Trinajstić information content (AvgIpc) is 2.69. The van der Waals surface area contributed by atoms with E-state index in [1.54, 1.807) is 17.2 Å². The predicted molar refractivity (Wildman–Crippen MR) is 115 cm³/mol. The molecule has 0 bridgehead atoms. The topological polar surface area (TPSA) is 50.3 Å². The Balaban J connectivity index is 1.61. The van der Waals surface area contributed by atoms with Crippen molar-refractivity contribution >= 4 is 39.2 Å². The van der Waals surface area contributed by atoms with Crippen LogP contribution < -0.4 is 0 Å². The average molecular weight is 464 g/mol. The molecule has 148 valence electrons. The molecule has 0 N–H and O–H groups in total. The van der Waals surface area contributed by atoms with Crippen LogP contribution in [0.2, 0.25) is 5.15 Å². The highest BCUT2D eigenvalue weighted by atomic mass is 79.9. The van der Waals surface area contributed by atoms with Crippen molar-refractivity contribution in [1.82, 2.24) is 9.88 Å². The molecule has 0 aliphatic carbocycles. The van der Waals surface area contributed by atoms with Crippen LogP contribution in [-0.4, -0.2) is 34.7 Å². The quantitative estimate of drug-likeness (QED) is 0.439. The molecule has 1 aliphatic heterocycles. The van der Waals surface area contributed by atoms with Gasteiger partial charge in [0.1, 0.15) is 5.15 Å². The second kappa shape index (κ2) is 9.19. The van der Waals surface area contributed by atoms with Crippen LogP contribution in [0.25, 0.3) is 0 Å². The molecular weight excluding hydrogens is 440 g/mol. The molecule has 0 radical (unpaired) electrons. The number of likely N-dealkylation sites (tertiary alicyclic amines) is 1. The van der Waals surface area contributed by atoms with Gasteiger partial charge in [-0.25, -0.2) is 4.98 Å². The number of Topliss-reactive ketones (excluding diaryl/α,β-unsaturated/α-hetero) is 1. The number of pyridine rings is 1. The van der Waals surface area contributed by atoms with Crippen molar-refractivity contribution < 1.29 is 9.59 Å². The van der Waals surface area contributed by atoms with Gasteiger partial charge in [-0.15, -0.1) is 0 Å². The Morgan fingerprint density at radius 2 is 1.86 bits per heavy atom. The highest BCUT2D eigenvalue weighted by Crippen LogP contribution is 2.26. The lowest BCUT2D eigenvalue weighted by molar-refractivity contribution is 0.0650. The molecule has 2 heterocycles. The largest absolute Gasteiger partial charge is 0.339 e. The van der Waals surface area contributed by atoms with E-state index in [4.69, 9.17) is 11.6 Å². The minimum Gasteiger partial charge on any atom is -0.339 e. The zero-order valence-electron chi connectivity index (χ0n) is 16.1. The van der Waals surface area contributed by atoms with Crippen LogP contribution in [0.5, 0.6) is 0 Å². The summed E-state index contributed by atoms with van der Waals surface area (Å²) in [6.45, 7) is 5.46. The van der Waals surface area contributed by atoms with E-state index in [0.29, 0.717) is 41.9 Å². The van der Waals surface area contributed by atoms with Gasteiger partial charge in [-0.3, -0.25) is 9.59 Å². The number of hydrogen-bond acceptors (Lipinski definition) is 3. The number of ketones is 1. The third kappa shape index (κ3) is 5.00. The molecular formula is C22H24BrClN2O2. The smallest absolute Gasteiger partial charge is 0.257 e. The highest BCUT2D eigenvalue weighted by molar-refractivity contribution is 9.10. The number of nitrogens with zero attached hydrogens (tertiary/aromatic N) is 2. The maximum atomic E-state index is 12.8. The van der Waals surface area contributed by atoms with E-state index in [1.165, 1.54) is 5.56 Å². The van der Waals surface area contributed by atoms with Crippen LogP contribution in [0.4, 0.5) is 0 Å². The second-order valence-corrected chi connectivity index (χ2v) is 8.99. The number of benzene rings is 1. The van der Waals surface area contributed by atoms with Gasteiger partial charge in [0.15, 0.2) is 5.78 Å². The van der Waals surface area contributed by atoms with Gasteiger partial charge in [-0.1, -0.05) is 49.7 Å². The van der Waals surface area contributed by atoms with Gasteiger partial charge in [0, 0.05) is 35.2 Å². The Kier molecular flexibility index (Phi) is 6.89. The van der Waals surface area contributed by atoms with Gasteiger partial charge in [-0.2, -0.15) is 0 Å². The lowest BCUT2D eigenvalue weighted by Gasteiger charge is -2.31. The molecule has 0 saturated carbocycles. The first-order chi connectivity index (χ1) is 13.3. The van der Waals surface area contributed by atoms with E-state index in [2.05, 4.69) is 34.8 Å². The molecule has 1 fully saturated rings. The van der Waals surface area contributed by atoms with Crippen LogP contribution >= 0.6 is 27.5 Å². The van der Waals surface area contributed by atoms with E-state index < -0.39 is 0 Å². The Morgan fingerprint density at radius 1 is 1.21 bits per heavy atom. The van der Waals surface area contributed by atoms with Crippen LogP contribution in [0.3, 0.4) is 0 Å². The number of halogens is 2. The normalized spacial score (nSPS) is 15.1. The van der Waals surface area contributed by atoms with E-state index in [-0.39, 0.29) is 22.8 Å². The number of rotatable bonds is 5. The monoisotopic (exact) mass is 462 g/mol. The molecule has 0 unspecified atom stereocenters. The third-order valence-corrected chi connectivity index (χ3v) is 5.81. The molecule has 28 heavy (non-hydrogen) atoms. The summed E-state index contributed by atoms with van der Waals surface area (Å²) in [4.78, 5) is 31.4. The zero-order chi connectivity index (χ0) is 20.3. The Morgan fingerprint density at radius 3 is 2.46 bits per heavy atom. The third-order valence-electron chi connectivity index (χ3n) is 5.07. The molecule has 4 nitrogen and oxygen atoms in total. The summed E-state index contributed by atoms with van der Waals surface area (Å²) in [5.74, 6) is 0.585. The Labute approximate surface area is 179 Å². The summed E-state index contributed by atoms with van der Waals surface area (Å²) >= 11 is 9.40. The lowest BCUT2D eigenvalue weighted by Crippen LogP contribution is -2.40. The molecule has 1 aromatic heterocycles.